The number of amides is 2. The molecule has 1 aliphatic rings. The smallest absolute Gasteiger partial charge is 0.314 e. The molecular formula is C19H27N5O3. The molecule has 0 unspecified atom stereocenters. The third-order valence-corrected chi connectivity index (χ3v) is 4.78. The van der Waals surface area contributed by atoms with Crippen molar-refractivity contribution in [3.63, 3.8) is 0 Å². The van der Waals surface area contributed by atoms with Crippen LogP contribution in [0.2, 0.25) is 0 Å². The first kappa shape index (κ1) is 19.2. The maximum atomic E-state index is 12.0. The summed E-state index contributed by atoms with van der Waals surface area (Å²) < 4.78 is 7.27. The maximum absolute atomic E-state index is 12.0. The quantitative estimate of drug-likeness (QED) is 0.684. The van der Waals surface area contributed by atoms with Crippen LogP contribution in [0.3, 0.4) is 0 Å². The predicted octanol–water partition coefficient (Wildman–Crippen LogP) is 1.59. The number of aliphatic hydroxyl groups excluding tert-OH is 1. The highest BCUT2D eigenvalue weighted by molar-refractivity contribution is 5.73. The molecule has 0 fully saturated rings. The van der Waals surface area contributed by atoms with Crippen molar-refractivity contribution in [1.29, 1.82) is 0 Å². The molecule has 0 bridgehead atoms. The second kappa shape index (κ2) is 9.36. The average molecular weight is 373 g/mol. The number of fused-ring (bicyclic) bond motifs is 1. The number of nitrogens with zero attached hydrogens (tertiary/aromatic N) is 3. The summed E-state index contributed by atoms with van der Waals surface area (Å²) in [5, 5.41) is 24.2. The third-order valence-electron chi connectivity index (χ3n) is 4.78. The standard InChI is InChI=1S/C19H27N5O3/c1-27-15-8-6-14(7-9-15)16(25)13-21-19(26)20-11-10-18-23-22-17-5-3-2-4-12-24(17)18/h6-9,16,25H,2-5,10-13H2,1H3,(H2,20,21,26)/t16-/m0/s1. The van der Waals surface area contributed by atoms with Gasteiger partial charge in [0, 0.05) is 32.5 Å². The normalized spacial score (nSPS) is 14.7. The summed E-state index contributed by atoms with van der Waals surface area (Å²) in [6.45, 7) is 1.57. The fourth-order valence-corrected chi connectivity index (χ4v) is 3.21. The summed E-state index contributed by atoms with van der Waals surface area (Å²) in [7, 11) is 1.59. The molecule has 1 atom stereocenters. The Hall–Kier alpha value is -2.61. The molecule has 8 heteroatoms. The first-order valence-electron chi connectivity index (χ1n) is 9.42. The van der Waals surface area contributed by atoms with Gasteiger partial charge in [-0.3, -0.25) is 0 Å². The topological polar surface area (TPSA) is 101 Å². The lowest BCUT2D eigenvalue weighted by Gasteiger charge is -2.13. The van der Waals surface area contributed by atoms with Crippen LogP contribution in [0.4, 0.5) is 4.79 Å². The molecule has 2 heterocycles. The largest absolute Gasteiger partial charge is 0.497 e. The minimum atomic E-state index is -0.770. The molecule has 0 radical (unpaired) electrons. The van der Waals surface area contributed by atoms with Gasteiger partial charge < -0.3 is 25.0 Å². The van der Waals surface area contributed by atoms with Gasteiger partial charge in [-0.15, -0.1) is 10.2 Å². The molecule has 3 rings (SSSR count). The number of hydrogen-bond acceptors (Lipinski definition) is 5. The van der Waals surface area contributed by atoms with Gasteiger partial charge in [0.2, 0.25) is 0 Å². The van der Waals surface area contributed by atoms with E-state index in [1.54, 1.807) is 31.4 Å². The monoisotopic (exact) mass is 373 g/mol. The van der Waals surface area contributed by atoms with E-state index in [1.807, 2.05) is 0 Å². The molecule has 0 aliphatic carbocycles. The summed E-state index contributed by atoms with van der Waals surface area (Å²) in [6, 6.07) is 6.80. The number of hydrogen-bond donors (Lipinski definition) is 3. The van der Waals surface area contributed by atoms with Crippen molar-refractivity contribution in [3.05, 3.63) is 41.5 Å². The van der Waals surface area contributed by atoms with E-state index in [1.165, 1.54) is 6.42 Å². The molecule has 1 aliphatic heterocycles. The Bertz CT molecular complexity index is 744. The number of rotatable bonds is 7. The second-order valence-corrected chi connectivity index (χ2v) is 6.67. The number of aliphatic hydroxyl groups is 1. The first-order valence-corrected chi connectivity index (χ1v) is 9.42. The molecule has 0 saturated heterocycles. The molecule has 27 heavy (non-hydrogen) atoms. The lowest BCUT2D eigenvalue weighted by atomic mass is 10.1. The number of methoxy groups -OCH3 is 1. The van der Waals surface area contributed by atoms with Crippen molar-refractivity contribution in [1.82, 2.24) is 25.4 Å². The number of aryl methyl sites for hydroxylation is 1. The fraction of sp³-hybridized carbons (Fsp3) is 0.526. The predicted molar refractivity (Wildman–Crippen MR) is 101 cm³/mol. The number of carbonyl (C=O) groups is 1. The van der Waals surface area contributed by atoms with Gasteiger partial charge in [-0.05, 0) is 30.5 Å². The third kappa shape index (κ3) is 5.19. The second-order valence-electron chi connectivity index (χ2n) is 6.67. The SMILES string of the molecule is COc1ccc([C@@H](O)CNC(=O)NCCc2nnc3n2CCCCC3)cc1. The maximum Gasteiger partial charge on any atom is 0.314 e. The van der Waals surface area contributed by atoms with E-state index >= 15 is 0 Å². The molecule has 0 saturated carbocycles. The van der Waals surface area contributed by atoms with Gasteiger partial charge in [0.05, 0.1) is 13.2 Å². The van der Waals surface area contributed by atoms with Gasteiger partial charge in [-0.1, -0.05) is 18.6 Å². The van der Waals surface area contributed by atoms with Crippen molar-refractivity contribution in [2.45, 2.75) is 44.8 Å². The summed E-state index contributed by atoms with van der Waals surface area (Å²) >= 11 is 0. The highest BCUT2D eigenvalue weighted by atomic mass is 16.5. The molecule has 2 aromatic rings. The number of carbonyl (C=O) groups excluding carboxylic acids is 1. The van der Waals surface area contributed by atoms with E-state index in [9.17, 15) is 9.90 Å². The molecule has 2 amide bonds. The van der Waals surface area contributed by atoms with Crippen molar-refractivity contribution >= 4 is 6.03 Å². The Morgan fingerprint density at radius 2 is 2.04 bits per heavy atom. The average Bonchev–Trinajstić information content (AvgIpc) is 2.92. The number of benzene rings is 1. The number of ether oxygens (including phenoxy) is 1. The van der Waals surface area contributed by atoms with Crippen LogP contribution in [0, 0.1) is 0 Å². The van der Waals surface area contributed by atoms with E-state index in [-0.39, 0.29) is 12.6 Å². The summed E-state index contributed by atoms with van der Waals surface area (Å²) in [5.74, 6) is 2.70. The highest BCUT2D eigenvalue weighted by Gasteiger charge is 2.15. The summed E-state index contributed by atoms with van der Waals surface area (Å²) in [6.07, 6.45) is 4.38. The fourth-order valence-electron chi connectivity index (χ4n) is 3.21. The lowest BCUT2D eigenvalue weighted by Crippen LogP contribution is -2.38. The van der Waals surface area contributed by atoms with Crippen LogP contribution in [-0.2, 0) is 19.4 Å². The number of aromatic nitrogens is 3. The number of nitrogens with one attached hydrogen (secondary N) is 2. The van der Waals surface area contributed by atoms with E-state index in [0.717, 1.165) is 48.8 Å². The Morgan fingerprint density at radius 3 is 2.81 bits per heavy atom. The summed E-state index contributed by atoms with van der Waals surface area (Å²) in [5.41, 5.74) is 0.724. The van der Waals surface area contributed by atoms with Crippen molar-refractivity contribution in [2.24, 2.45) is 0 Å². The van der Waals surface area contributed by atoms with Gasteiger partial charge >= 0.3 is 6.03 Å². The van der Waals surface area contributed by atoms with Crippen LogP contribution in [0.5, 0.6) is 5.75 Å². The Morgan fingerprint density at radius 1 is 1.22 bits per heavy atom. The van der Waals surface area contributed by atoms with E-state index in [0.29, 0.717) is 13.0 Å². The van der Waals surface area contributed by atoms with Crippen LogP contribution in [0.15, 0.2) is 24.3 Å². The zero-order chi connectivity index (χ0) is 19.1. The van der Waals surface area contributed by atoms with Crippen molar-refractivity contribution in [3.8, 4) is 5.75 Å². The van der Waals surface area contributed by atoms with Crippen LogP contribution >= 0.6 is 0 Å². The van der Waals surface area contributed by atoms with Gasteiger partial charge in [0.25, 0.3) is 0 Å². The van der Waals surface area contributed by atoms with Crippen LogP contribution in [0.25, 0.3) is 0 Å². The van der Waals surface area contributed by atoms with Gasteiger partial charge in [-0.25, -0.2) is 4.79 Å². The van der Waals surface area contributed by atoms with Crippen LogP contribution in [-0.4, -0.2) is 46.1 Å². The molecule has 3 N–H and O–H groups in total. The van der Waals surface area contributed by atoms with Gasteiger partial charge in [0.15, 0.2) is 0 Å². The first-order chi connectivity index (χ1) is 13.2. The molecular weight excluding hydrogens is 346 g/mol. The van der Waals surface area contributed by atoms with Crippen molar-refractivity contribution < 1.29 is 14.6 Å². The number of urea groups is 1. The Labute approximate surface area is 158 Å². The Balaban J connectivity index is 1.40. The molecule has 1 aromatic carbocycles. The summed E-state index contributed by atoms with van der Waals surface area (Å²) in [4.78, 5) is 12.0. The van der Waals surface area contributed by atoms with E-state index < -0.39 is 6.10 Å². The highest BCUT2D eigenvalue weighted by Crippen LogP contribution is 2.17. The van der Waals surface area contributed by atoms with E-state index in [2.05, 4.69) is 25.4 Å². The molecule has 146 valence electrons. The van der Waals surface area contributed by atoms with Gasteiger partial charge in [0.1, 0.15) is 17.4 Å². The van der Waals surface area contributed by atoms with Gasteiger partial charge in [-0.2, -0.15) is 0 Å². The zero-order valence-electron chi connectivity index (χ0n) is 15.6. The zero-order valence-corrected chi connectivity index (χ0v) is 15.6. The molecule has 8 nitrogen and oxygen atoms in total. The van der Waals surface area contributed by atoms with Crippen LogP contribution < -0.4 is 15.4 Å². The Kier molecular flexibility index (Phi) is 6.64. The molecule has 0 spiro atoms. The molecule has 1 aromatic heterocycles. The van der Waals surface area contributed by atoms with Crippen LogP contribution in [0.1, 0.15) is 42.6 Å². The minimum absolute atomic E-state index is 0.137. The van der Waals surface area contributed by atoms with Crippen molar-refractivity contribution in [2.75, 3.05) is 20.2 Å². The minimum Gasteiger partial charge on any atom is -0.497 e. The van der Waals surface area contributed by atoms with E-state index in [4.69, 9.17) is 4.74 Å². The lowest BCUT2D eigenvalue weighted by molar-refractivity contribution is 0.173.